The average Bonchev–Trinajstić information content (AvgIpc) is 3.09. The molecule has 150 valence electrons. The van der Waals surface area contributed by atoms with Gasteiger partial charge in [-0.05, 0) is 30.3 Å². The third-order valence-corrected chi connectivity index (χ3v) is 5.79. The third-order valence-electron chi connectivity index (χ3n) is 5.79. The van der Waals surface area contributed by atoms with Crippen molar-refractivity contribution in [3.8, 4) is 11.5 Å². The Morgan fingerprint density at radius 1 is 0.677 bits per heavy atom. The number of hydrogen-bond acceptors (Lipinski definition) is 4. The molecule has 2 heterocycles. The monoisotopic (exact) mass is 409 g/mol. The summed E-state index contributed by atoms with van der Waals surface area (Å²) >= 11 is 0. The molecule has 4 aromatic rings. The zero-order valence-corrected chi connectivity index (χ0v) is 16.3. The number of rotatable bonds is 2. The SMILES string of the molecule is O=C1OC2(c3ccccc3Oc3ccccc32)c2cccc(Nc3ccccc3F)c21. The molecule has 0 radical (unpaired) electrons. The van der Waals surface area contributed by atoms with Crippen LogP contribution in [0, 0.1) is 5.82 Å². The third kappa shape index (κ3) is 2.43. The van der Waals surface area contributed by atoms with Gasteiger partial charge < -0.3 is 14.8 Å². The molecular formula is C26H16FNO3. The van der Waals surface area contributed by atoms with Gasteiger partial charge in [0.05, 0.1) is 16.9 Å². The van der Waals surface area contributed by atoms with Crippen molar-refractivity contribution in [1.82, 2.24) is 0 Å². The van der Waals surface area contributed by atoms with E-state index in [9.17, 15) is 9.18 Å². The number of anilines is 2. The summed E-state index contributed by atoms with van der Waals surface area (Å²) in [6.07, 6.45) is 0. The summed E-state index contributed by atoms with van der Waals surface area (Å²) in [5.74, 6) is 0.396. The lowest BCUT2D eigenvalue weighted by Gasteiger charge is -2.36. The van der Waals surface area contributed by atoms with Crippen LogP contribution in [0.1, 0.15) is 27.0 Å². The summed E-state index contributed by atoms with van der Waals surface area (Å²) in [5.41, 5.74) is 2.24. The van der Waals surface area contributed by atoms with Crippen LogP contribution in [0.2, 0.25) is 0 Å². The van der Waals surface area contributed by atoms with E-state index in [4.69, 9.17) is 9.47 Å². The highest BCUT2D eigenvalue weighted by Gasteiger charge is 2.54. The predicted octanol–water partition coefficient (Wildman–Crippen LogP) is 6.14. The molecule has 0 saturated heterocycles. The normalized spacial score (nSPS) is 14.8. The van der Waals surface area contributed by atoms with E-state index in [1.807, 2.05) is 60.7 Å². The standard InChI is InChI=1S/C26H16FNO3/c27-19-11-3-4-12-20(19)28-21-13-7-10-18-24(21)25(29)31-26(18)16-8-1-5-14-22(16)30-23-15-6-2-9-17(23)26/h1-15,28H. The van der Waals surface area contributed by atoms with Gasteiger partial charge in [-0.2, -0.15) is 0 Å². The van der Waals surface area contributed by atoms with Crippen molar-refractivity contribution in [2.75, 3.05) is 5.32 Å². The second kappa shape index (κ2) is 6.44. The molecular weight excluding hydrogens is 393 g/mol. The molecule has 0 atom stereocenters. The first-order valence-corrected chi connectivity index (χ1v) is 9.94. The Bertz CT molecular complexity index is 1320. The first kappa shape index (κ1) is 17.7. The lowest BCUT2D eigenvalue weighted by molar-refractivity contribution is 0.0225. The Morgan fingerprint density at radius 3 is 1.97 bits per heavy atom. The maximum atomic E-state index is 14.3. The predicted molar refractivity (Wildman–Crippen MR) is 114 cm³/mol. The van der Waals surface area contributed by atoms with Gasteiger partial charge in [-0.1, -0.05) is 60.7 Å². The lowest BCUT2D eigenvalue weighted by atomic mass is 9.77. The van der Waals surface area contributed by atoms with Gasteiger partial charge in [0, 0.05) is 16.7 Å². The number of esters is 1. The van der Waals surface area contributed by atoms with Crippen LogP contribution in [0.4, 0.5) is 15.8 Å². The van der Waals surface area contributed by atoms with E-state index in [2.05, 4.69) is 5.32 Å². The number of nitrogens with one attached hydrogen (secondary N) is 1. The summed E-state index contributed by atoms with van der Waals surface area (Å²) in [4.78, 5) is 13.3. The van der Waals surface area contributed by atoms with Crippen LogP contribution in [-0.4, -0.2) is 5.97 Å². The number of para-hydroxylation sites is 3. The highest BCUT2D eigenvalue weighted by molar-refractivity contribution is 6.03. The molecule has 0 unspecified atom stereocenters. The van der Waals surface area contributed by atoms with Crippen molar-refractivity contribution in [2.45, 2.75) is 5.60 Å². The largest absolute Gasteiger partial charge is 0.456 e. The fourth-order valence-corrected chi connectivity index (χ4v) is 4.48. The van der Waals surface area contributed by atoms with Crippen LogP contribution >= 0.6 is 0 Å². The molecule has 0 aromatic heterocycles. The molecule has 31 heavy (non-hydrogen) atoms. The van der Waals surface area contributed by atoms with Crippen molar-refractivity contribution in [3.63, 3.8) is 0 Å². The Labute approximate surface area is 177 Å². The summed E-state index contributed by atoms with van der Waals surface area (Å²) < 4.78 is 26.5. The van der Waals surface area contributed by atoms with E-state index in [0.717, 1.165) is 11.1 Å². The van der Waals surface area contributed by atoms with Crippen LogP contribution in [0.5, 0.6) is 11.5 Å². The molecule has 6 rings (SSSR count). The average molecular weight is 409 g/mol. The molecule has 0 amide bonds. The lowest BCUT2D eigenvalue weighted by Crippen LogP contribution is -2.32. The van der Waals surface area contributed by atoms with Gasteiger partial charge in [0.2, 0.25) is 0 Å². The summed E-state index contributed by atoms with van der Waals surface area (Å²) in [6, 6.07) is 26.9. The minimum atomic E-state index is -1.13. The van der Waals surface area contributed by atoms with Crippen LogP contribution in [0.3, 0.4) is 0 Å². The molecule has 2 aliphatic heterocycles. The minimum absolute atomic E-state index is 0.289. The van der Waals surface area contributed by atoms with Gasteiger partial charge in [0.25, 0.3) is 0 Å². The molecule has 1 spiro atoms. The molecule has 5 heteroatoms. The highest BCUT2D eigenvalue weighted by atomic mass is 19.1. The van der Waals surface area contributed by atoms with Crippen LogP contribution in [0.25, 0.3) is 0 Å². The topological polar surface area (TPSA) is 47.6 Å². The van der Waals surface area contributed by atoms with Gasteiger partial charge in [-0.3, -0.25) is 0 Å². The van der Waals surface area contributed by atoms with Gasteiger partial charge in [0.1, 0.15) is 17.3 Å². The first-order chi connectivity index (χ1) is 15.2. The van der Waals surface area contributed by atoms with Crippen molar-refractivity contribution in [2.24, 2.45) is 0 Å². The van der Waals surface area contributed by atoms with E-state index in [1.54, 1.807) is 24.3 Å². The van der Waals surface area contributed by atoms with Gasteiger partial charge in [-0.15, -0.1) is 0 Å². The van der Waals surface area contributed by atoms with Gasteiger partial charge >= 0.3 is 5.97 Å². The molecule has 4 aromatic carbocycles. The van der Waals surface area contributed by atoms with Gasteiger partial charge in [0.15, 0.2) is 5.60 Å². The smallest absolute Gasteiger partial charge is 0.342 e. The summed E-state index contributed by atoms with van der Waals surface area (Å²) in [7, 11) is 0. The number of carbonyl (C=O) groups is 1. The Balaban J connectivity index is 1.61. The van der Waals surface area contributed by atoms with Crippen molar-refractivity contribution >= 4 is 17.3 Å². The van der Waals surface area contributed by atoms with E-state index >= 15 is 0 Å². The molecule has 0 fully saturated rings. The summed E-state index contributed by atoms with van der Waals surface area (Å²) in [6.45, 7) is 0. The molecule has 0 aliphatic carbocycles. The second-order valence-corrected chi connectivity index (χ2v) is 7.50. The fourth-order valence-electron chi connectivity index (χ4n) is 4.48. The number of fused-ring (bicyclic) bond motifs is 6. The molecule has 1 N–H and O–H groups in total. The molecule has 0 saturated carbocycles. The van der Waals surface area contributed by atoms with E-state index in [1.165, 1.54) is 6.07 Å². The maximum absolute atomic E-state index is 14.3. The minimum Gasteiger partial charge on any atom is -0.456 e. The van der Waals surface area contributed by atoms with E-state index in [-0.39, 0.29) is 5.69 Å². The Kier molecular flexibility index (Phi) is 3.68. The number of carbonyl (C=O) groups excluding carboxylic acids is 1. The Hall–Kier alpha value is -4.12. The van der Waals surface area contributed by atoms with Crippen molar-refractivity contribution in [3.05, 3.63) is 119 Å². The molecule has 0 bridgehead atoms. The summed E-state index contributed by atoms with van der Waals surface area (Å²) in [5, 5.41) is 3.07. The van der Waals surface area contributed by atoms with Gasteiger partial charge in [-0.25, -0.2) is 9.18 Å². The number of ether oxygens (including phenoxy) is 2. The van der Waals surface area contributed by atoms with Crippen molar-refractivity contribution < 1.29 is 18.7 Å². The first-order valence-electron chi connectivity index (χ1n) is 9.94. The van der Waals surface area contributed by atoms with Crippen LogP contribution < -0.4 is 10.1 Å². The fraction of sp³-hybridized carbons (Fsp3) is 0.0385. The van der Waals surface area contributed by atoms with Crippen LogP contribution in [-0.2, 0) is 10.3 Å². The number of halogens is 1. The van der Waals surface area contributed by atoms with E-state index < -0.39 is 17.4 Å². The zero-order valence-electron chi connectivity index (χ0n) is 16.3. The Morgan fingerprint density at radius 2 is 1.26 bits per heavy atom. The highest BCUT2D eigenvalue weighted by Crippen LogP contribution is 2.56. The molecule has 4 nitrogen and oxygen atoms in total. The second-order valence-electron chi connectivity index (χ2n) is 7.50. The number of hydrogen-bond donors (Lipinski definition) is 1. The van der Waals surface area contributed by atoms with Crippen LogP contribution in [0.15, 0.2) is 91.0 Å². The zero-order chi connectivity index (χ0) is 21.0. The number of benzene rings is 4. The maximum Gasteiger partial charge on any atom is 0.342 e. The van der Waals surface area contributed by atoms with E-state index in [0.29, 0.717) is 28.3 Å². The quantitative estimate of drug-likeness (QED) is 0.404. The molecule has 2 aliphatic rings. The van der Waals surface area contributed by atoms with Crippen molar-refractivity contribution in [1.29, 1.82) is 0 Å².